The lowest BCUT2D eigenvalue weighted by molar-refractivity contribution is -0.137. The first kappa shape index (κ1) is 21.7. The number of hydrogen-bond acceptors (Lipinski definition) is 2. The van der Waals surface area contributed by atoms with Crippen LogP contribution in [0.15, 0.2) is 54.7 Å². The van der Waals surface area contributed by atoms with E-state index >= 15 is 0 Å². The minimum Gasteiger partial charge on any atom is -0.382 e. The molecule has 1 atom stereocenters. The zero-order valence-electron chi connectivity index (χ0n) is 17.0. The van der Waals surface area contributed by atoms with Crippen molar-refractivity contribution >= 4 is 22.5 Å². The second-order valence-corrected chi connectivity index (χ2v) is 7.74. The highest BCUT2D eigenvalue weighted by Crippen LogP contribution is 2.30. The number of nitrogens with one attached hydrogen (secondary N) is 3. The molecule has 0 aliphatic rings. The van der Waals surface area contributed by atoms with Gasteiger partial charge in [-0.2, -0.15) is 13.2 Å². The normalized spacial score (nSPS) is 12.9. The lowest BCUT2D eigenvalue weighted by atomic mass is 10.00. The standard InChI is InChI=1S/C23H26F3N3O/c1-15(2)20(29-18-9-7-17(8-10-18)23(24,25)26)11-12-27-22(30)13-16-14-28-21-6-4-3-5-19(16)21/h3-10,14-15,20,28-29H,11-13H2,1-2H3,(H,27,30)/t20-/m0/s1. The average Bonchev–Trinajstić information content (AvgIpc) is 3.09. The Morgan fingerprint density at radius 2 is 1.77 bits per heavy atom. The Kier molecular flexibility index (Phi) is 6.70. The van der Waals surface area contributed by atoms with Gasteiger partial charge in [-0.25, -0.2) is 0 Å². The Labute approximate surface area is 173 Å². The average molecular weight is 417 g/mol. The van der Waals surface area contributed by atoms with Gasteiger partial charge in [0.2, 0.25) is 5.91 Å². The first-order valence-corrected chi connectivity index (χ1v) is 9.99. The number of aromatic amines is 1. The molecule has 4 nitrogen and oxygen atoms in total. The number of amides is 1. The predicted octanol–water partition coefficient (Wildman–Crippen LogP) is 5.37. The third-order valence-electron chi connectivity index (χ3n) is 5.17. The van der Waals surface area contributed by atoms with Gasteiger partial charge >= 0.3 is 6.18 Å². The summed E-state index contributed by atoms with van der Waals surface area (Å²) in [6, 6.07) is 12.9. The minimum absolute atomic E-state index is 0.0233. The first-order chi connectivity index (χ1) is 14.2. The van der Waals surface area contributed by atoms with Gasteiger partial charge in [-0.05, 0) is 48.2 Å². The van der Waals surface area contributed by atoms with E-state index < -0.39 is 11.7 Å². The Balaban J connectivity index is 1.51. The number of para-hydroxylation sites is 1. The molecular weight excluding hydrogens is 391 g/mol. The predicted molar refractivity (Wildman–Crippen MR) is 113 cm³/mol. The van der Waals surface area contributed by atoms with Crippen molar-refractivity contribution in [2.75, 3.05) is 11.9 Å². The van der Waals surface area contributed by atoms with E-state index in [0.29, 0.717) is 25.1 Å². The van der Waals surface area contributed by atoms with Crippen LogP contribution < -0.4 is 10.6 Å². The Hall–Kier alpha value is -2.96. The molecule has 0 aliphatic carbocycles. The van der Waals surface area contributed by atoms with E-state index in [0.717, 1.165) is 28.6 Å². The molecule has 0 aliphatic heterocycles. The van der Waals surface area contributed by atoms with Crippen LogP contribution in [0, 0.1) is 5.92 Å². The Bertz CT molecular complexity index is 977. The van der Waals surface area contributed by atoms with Gasteiger partial charge in [-0.1, -0.05) is 32.0 Å². The maximum atomic E-state index is 12.7. The molecule has 3 N–H and O–H groups in total. The molecule has 0 unspecified atom stereocenters. The number of benzene rings is 2. The Morgan fingerprint density at radius 3 is 2.43 bits per heavy atom. The molecule has 0 saturated carbocycles. The van der Waals surface area contributed by atoms with Crippen LogP contribution in [0.2, 0.25) is 0 Å². The molecule has 7 heteroatoms. The fourth-order valence-electron chi connectivity index (χ4n) is 3.42. The summed E-state index contributed by atoms with van der Waals surface area (Å²) >= 11 is 0. The number of carbonyl (C=O) groups is 1. The lowest BCUT2D eigenvalue weighted by Crippen LogP contribution is -2.33. The molecule has 3 aromatic rings. The van der Waals surface area contributed by atoms with Crippen molar-refractivity contribution in [3.05, 3.63) is 65.9 Å². The number of anilines is 1. The molecule has 3 rings (SSSR count). The van der Waals surface area contributed by atoms with E-state index in [2.05, 4.69) is 15.6 Å². The van der Waals surface area contributed by atoms with Gasteiger partial charge in [0.15, 0.2) is 0 Å². The van der Waals surface area contributed by atoms with Crippen molar-refractivity contribution < 1.29 is 18.0 Å². The molecule has 2 aromatic carbocycles. The van der Waals surface area contributed by atoms with Crippen LogP contribution in [0.4, 0.5) is 18.9 Å². The van der Waals surface area contributed by atoms with E-state index in [4.69, 9.17) is 0 Å². The van der Waals surface area contributed by atoms with Crippen LogP contribution in [-0.4, -0.2) is 23.5 Å². The number of halogens is 3. The largest absolute Gasteiger partial charge is 0.416 e. The third-order valence-corrected chi connectivity index (χ3v) is 5.17. The van der Waals surface area contributed by atoms with Crippen LogP contribution >= 0.6 is 0 Å². The number of alkyl halides is 3. The molecule has 0 radical (unpaired) electrons. The quantitative estimate of drug-likeness (QED) is 0.461. The number of carbonyl (C=O) groups excluding carboxylic acids is 1. The molecule has 1 aromatic heterocycles. The number of hydrogen-bond donors (Lipinski definition) is 3. The molecule has 0 saturated heterocycles. The fourth-order valence-corrected chi connectivity index (χ4v) is 3.42. The highest BCUT2D eigenvalue weighted by atomic mass is 19.4. The van der Waals surface area contributed by atoms with Crippen LogP contribution in [0.1, 0.15) is 31.4 Å². The molecule has 0 spiro atoms. The molecule has 1 heterocycles. The summed E-state index contributed by atoms with van der Waals surface area (Å²) in [5.74, 6) is 0.189. The van der Waals surface area contributed by atoms with Crippen LogP contribution in [0.25, 0.3) is 10.9 Å². The molecule has 160 valence electrons. The topological polar surface area (TPSA) is 56.9 Å². The zero-order valence-corrected chi connectivity index (χ0v) is 17.0. The maximum Gasteiger partial charge on any atom is 0.416 e. The van der Waals surface area contributed by atoms with Gasteiger partial charge in [0, 0.05) is 35.4 Å². The van der Waals surface area contributed by atoms with Crippen molar-refractivity contribution in [2.45, 2.75) is 38.9 Å². The summed E-state index contributed by atoms with van der Waals surface area (Å²) in [7, 11) is 0. The van der Waals surface area contributed by atoms with E-state index in [9.17, 15) is 18.0 Å². The molecule has 0 fully saturated rings. The van der Waals surface area contributed by atoms with Crippen LogP contribution in [0.3, 0.4) is 0 Å². The summed E-state index contributed by atoms with van der Waals surface area (Å²) in [5.41, 5.74) is 1.91. The summed E-state index contributed by atoms with van der Waals surface area (Å²) in [6.45, 7) is 4.56. The van der Waals surface area contributed by atoms with Gasteiger partial charge in [0.05, 0.1) is 12.0 Å². The van der Waals surface area contributed by atoms with E-state index in [-0.39, 0.29) is 17.9 Å². The molecule has 0 bridgehead atoms. The van der Waals surface area contributed by atoms with E-state index in [1.807, 2.05) is 44.3 Å². The van der Waals surface area contributed by atoms with Crippen molar-refractivity contribution in [3.63, 3.8) is 0 Å². The number of rotatable bonds is 8. The highest BCUT2D eigenvalue weighted by molar-refractivity contribution is 5.88. The van der Waals surface area contributed by atoms with Crippen molar-refractivity contribution in [1.82, 2.24) is 10.3 Å². The van der Waals surface area contributed by atoms with Gasteiger partial charge in [0.25, 0.3) is 0 Å². The van der Waals surface area contributed by atoms with E-state index in [1.54, 1.807) is 0 Å². The SMILES string of the molecule is CC(C)[C@H](CCNC(=O)Cc1c[nH]c2ccccc12)Nc1ccc(C(F)(F)F)cc1. The third kappa shape index (κ3) is 5.55. The van der Waals surface area contributed by atoms with Gasteiger partial charge in [0.1, 0.15) is 0 Å². The smallest absolute Gasteiger partial charge is 0.382 e. The molecule has 1 amide bonds. The fraction of sp³-hybridized carbons (Fsp3) is 0.348. The van der Waals surface area contributed by atoms with Gasteiger partial charge in [-0.3, -0.25) is 4.79 Å². The van der Waals surface area contributed by atoms with Crippen molar-refractivity contribution in [3.8, 4) is 0 Å². The Morgan fingerprint density at radius 1 is 1.07 bits per heavy atom. The van der Waals surface area contributed by atoms with Crippen molar-refractivity contribution in [1.29, 1.82) is 0 Å². The van der Waals surface area contributed by atoms with Crippen LogP contribution in [0.5, 0.6) is 0 Å². The molecule has 30 heavy (non-hydrogen) atoms. The number of fused-ring (bicyclic) bond motifs is 1. The second kappa shape index (κ2) is 9.24. The van der Waals surface area contributed by atoms with Gasteiger partial charge in [-0.15, -0.1) is 0 Å². The van der Waals surface area contributed by atoms with Crippen molar-refractivity contribution in [2.24, 2.45) is 5.92 Å². The summed E-state index contributed by atoms with van der Waals surface area (Å²) in [6.07, 6.45) is -1.53. The van der Waals surface area contributed by atoms with Gasteiger partial charge < -0.3 is 15.6 Å². The highest BCUT2D eigenvalue weighted by Gasteiger charge is 2.30. The molecular formula is C23H26F3N3O. The van der Waals surface area contributed by atoms with Crippen LogP contribution in [-0.2, 0) is 17.4 Å². The minimum atomic E-state index is -4.34. The number of H-pyrrole nitrogens is 1. The summed E-state index contributed by atoms with van der Waals surface area (Å²) in [5, 5.41) is 7.26. The number of aromatic nitrogens is 1. The monoisotopic (exact) mass is 417 g/mol. The second-order valence-electron chi connectivity index (χ2n) is 7.74. The maximum absolute atomic E-state index is 12.7. The summed E-state index contributed by atoms with van der Waals surface area (Å²) in [4.78, 5) is 15.5. The zero-order chi connectivity index (χ0) is 21.7. The lowest BCUT2D eigenvalue weighted by Gasteiger charge is -2.24. The summed E-state index contributed by atoms with van der Waals surface area (Å²) < 4.78 is 38.1. The first-order valence-electron chi connectivity index (χ1n) is 9.99. The van der Waals surface area contributed by atoms with E-state index in [1.165, 1.54) is 12.1 Å².